The summed E-state index contributed by atoms with van der Waals surface area (Å²) in [6.07, 6.45) is 17.1. The second kappa shape index (κ2) is 26.4. The smallest absolute Gasteiger partial charge is 0.130 e. The van der Waals surface area contributed by atoms with Gasteiger partial charge in [0.2, 0.25) is 0 Å². The molecule has 0 amide bonds. The van der Waals surface area contributed by atoms with Crippen molar-refractivity contribution < 1.29 is 37.9 Å². The lowest BCUT2D eigenvalue weighted by atomic mass is 9.99. The van der Waals surface area contributed by atoms with Gasteiger partial charge in [-0.15, -0.1) is 45.3 Å². The van der Waals surface area contributed by atoms with Crippen LogP contribution in [-0.2, 0) is 0 Å². The van der Waals surface area contributed by atoms with Crippen LogP contribution < -0.4 is 37.9 Å². The minimum atomic E-state index is 0.699. The Morgan fingerprint density at radius 1 is 0.211 bits per heavy atom. The summed E-state index contributed by atoms with van der Waals surface area (Å²) in [7, 11) is 0. The number of hydrogen-bond donors (Lipinski definition) is 0. The van der Waals surface area contributed by atoms with E-state index in [1.54, 1.807) is 45.3 Å². The van der Waals surface area contributed by atoms with Crippen LogP contribution >= 0.6 is 45.3 Å². The molecule has 0 aliphatic carbocycles. The Morgan fingerprint density at radius 2 is 0.382 bits per heavy atom. The summed E-state index contributed by atoms with van der Waals surface area (Å²) >= 11 is 7.05. The Hall–Kier alpha value is -5.92. The molecule has 4 aliphatic heterocycles. The average Bonchev–Trinajstić information content (AvgIpc) is 4.30. The third-order valence-corrected chi connectivity index (χ3v) is 18.3. The fourth-order valence-corrected chi connectivity index (χ4v) is 14.5. The molecule has 4 bridgehead atoms. The summed E-state index contributed by atoms with van der Waals surface area (Å²) in [6.45, 7) is 5.59. The van der Waals surface area contributed by atoms with Crippen molar-refractivity contribution in [3.8, 4) is 110 Å². The van der Waals surface area contributed by atoms with E-state index in [2.05, 4.69) is 119 Å². The number of hydrogen-bond acceptors (Lipinski definition) is 12. The van der Waals surface area contributed by atoms with Gasteiger partial charge >= 0.3 is 0 Å². The first-order chi connectivity index (χ1) is 37.8. The molecule has 0 spiro atoms. The van der Waals surface area contributed by atoms with E-state index in [1.807, 2.05) is 0 Å². The molecule has 8 heterocycles. The molecule has 0 saturated heterocycles. The fraction of sp³-hybridized carbons (Fsp3) is 0.375. The molecule has 396 valence electrons. The molecular formula is C64H68O8S4. The minimum Gasteiger partial charge on any atom is -0.493 e. The van der Waals surface area contributed by atoms with Crippen molar-refractivity contribution in [1.29, 1.82) is 0 Å². The van der Waals surface area contributed by atoms with Crippen LogP contribution in [0.25, 0.3) is 64.0 Å². The van der Waals surface area contributed by atoms with Gasteiger partial charge in [-0.3, -0.25) is 0 Å². The van der Waals surface area contributed by atoms with Gasteiger partial charge in [-0.1, -0.05) is 24.3 Å². The van der Waals surface area contributed by atoms with Gasteiger partial charge in [0.15, 0.2) is 0 Å². The van der Waals surface area contributed by atoms with E-state index in [0.29, 0.717) is 52.9 Å². The van der Waals surface area contributed by atoms with Gasteiger partial charge in [0.25, 0.3) is 0 Å². The van der Waals surface area contributed by atoms with E-state index in [4.69, 9.17) is 37.9 Å². The van der Waals surface area contributed by atoms with Crippen LogP contribution in [0.2, 0.25) is 0 Å². The van der Waals surface area contributed by atoms with Crippen molar-refractivity contribution in [2.24, 2.45) is 0 Å². The molecule has 12 rings (SSSR count). The highest BCUT2D eigenvalue weighted by Gasteiger charge is 2.27. The molecule has 0 saturated carbocycles. The molecule has 0 atom stereocenters. The maximum absolute atomic E-state index is 6.43. The molecular weight excluding hydrogens is 1020 g/mol. The molecule has 0 N–H and O–H groups in total. The summed E-state index contributed by atoms with van der Waals surface area (Å²) in [5.41, 5.74) is 8.86. The van der Waals surface area contributed by atoms with Crippen molar-refractivity contribution in [1.82, 2.24) is 0 Å². The Bertz CT molecular complexity index is 2600. The zero-order valence-electron chi connectivity index (χ0n) is 43.4. The molecule has 4 aromatic heterocycles. The van der Waals surface area contributed by atoms with Crippen molar-refractivity contribution in [2.45, 2.75) is 103 Å². The van der Waals surface area contributed by atoms with E-state index < -0.39 is 0 Å². The van der Waals surface area contributed by atoms with Gasteiger partial charge in [0, 0.05) is 22.3 Å². The topological polar surface area (TPSA) is 73.8 Å². The SMILES string of the molecule is c1cc2c3c(c1)OCCCCCCOc1cccc(c1-c1ccsc1-c1sccc1-3)OCCCCCCO2.c1cc2c3c(c1)OCCCCCCOc1cccc(c1-c1ccsc1-c1sccc1-3)OCCCCCCO2. The van der Waals surface area contributed by atoms with Crippen LogP contribution in [0.15, 0.2) is 119 Å². The van der Waals surface area contributed by atoms with Gasteiger partial charge in [0.1, 0.15) is 46.0 Å². The van der Waals surface area contributed by atoms with E-state index in [-0.39, 0.29) is 0 Å². The van der Waals surface area contributed by atoms with Crippen LogP contribution in [0.5, 0.6) is 46.0 Å². The lowest BCUT2D eigenvalue weighted by molar-refractivity contribution is 0.276. The first-order valence-corrected chi connectivity index (χ1v) is 31.2. The molecule has 12 heteroatoms. The second-order valence-electron chi connectivity index (χ2n) is 19.6. The minimum absolute atomic E-state index is 0.699. The van der Waals surface area contributed by atoms with Crippen LogP contribution in [0, 0.1) is 0 Å². The Balaban J connectivity index is 0.000000162. The molecule has 76 heavy (non-hydrogen) atoms. The third-order valence-electron chi connectivity index (χ3n) is 14.3. The largest absolute Gasteiger partial charge is 0.493 e. The fourth-order valence-electron chi connectivity index (χ4n) is 10.5. The molecule has 8 nitrogen and oxygen atoms in total. The molecule has 8 aromatic rings. The summed E-state index contributed by atoms with van der Waals surface area (Å²) in [6, 6.07) is 33.8. The van der Waals surface area contributed by atoms with Crippen molar-refractivity contribution in [2.75, 3.05) is 52.9 Å². The summed E-state index contributed by atoms with van der Waals surface area (Å²) in [5, 5.41) is 8.71. The molecule has 4 aromatic carbocycles. The molecule has 0 unspecified atom stereocenters. The highest BCUT2D eigenvalue weighted by molar-refractivity contribution is 7.22. The Labute approximate surface area is 464 Å². The monoisotopic (exact) mass is 1090 g/mol. The summed E-state index contributed by atoms with van der Waals surface area (Å²) in [4.78, 5) is 4.87. The third kappa shape index (κ3) is 12.3. The molecule has 4 aliphatic rings. The van der Waals surface area contributed by atoms with Gasteiger partial charge in [0.05, 0.1) is 94.6 Å². The zero-order chi connectivity index (χ0) is 51.1. The lowest BCUT2D eigenvalue weighted by Gasteiger charge is -2.20. The predicted molar refractivity (Wildman–Crippen MR) is 315 cm³/mol. The quantitative estimate of drug-likeness (QED) is 0.149. The highest BCUT2D eigenvalue weighted by Crippen LogP contribution is 2.54. The van der Waals surface area contributed by atoms with Gasteiger partial charge in [-0.05, 0) is 197 Å². The van der Waals surface area contributed by atoms with Crippen molar-refractivity contribution in [3.05, 3.63) is 119 Å². The van der Waals surface area contributed by atoms with Gasteiger partial charge < -0.3 is 37.9 Å². The van der Waals surface area contributed by atoms with Crippen LogP contribution in [0.3, 0.4) is 0 Å². The van der Waals surface area contributed by atoms with Crippen molar-refractivity contribution >= 4 is 45.3 Å². The standard InChI is InChI=1S/2C32H34O4S2/c2*1-2-6-18-34-26-12-10-14-28-30(26)24-16-22-38-32(24)31-23(15-21-37-31)29-25(33-17-5-1)11-9-13-27(29)35-19-7-3-4-8-20-36-28/h2*9-16,21-22H,1-8,17-20H2. The molecule has 0 radical (unpaired) electrons. The van der Waals surface area contributed by atoms with E-state index in [0.717, 1.165) is 193 Å². The van der Waals surface area contributed by atoms with E-state index in [9.17, 15) is 0 Å². The first-order valence-electron chi connectivity index (χ1n) is 27.7. The maximum atomic E-state index is 6.43. The second-order valence-corrected chi connectivity index (χ2v) is 23.3. The predicted octanol–water partition coefficient (Wildman–Crippen LogP) is 18.9. The zero-order valence-corrected chi connectivity index (χ0v) is 46.7. The van der Waals surface area contributed by atoms with Crippen molar-refractivity contribution in [3.63, 3.8) is 0 Å². The maximum Gasteiger partial charge on any atom is 0.130 e. The molecule has 0 fully saturated rings. The van der Waals surface area contributed by atoms with Gasteiger partial charge in [-0.2, -0.15) is 0 Å². The van der Waals surface area contributed by atoms with Crippen LogP contribution in [0.4, 0.5) is 0 Å². The van der Waals surface area contributed by atoms with E-state index >= 15 is 0 Å². The van der Waals surface area contributed by atoms with Gasteiger partial charge in [-0.25, -0.2) is 0 Å². The summed E-state index contributed by atoms with van der Waals surface area (Å²) in [5.74, 6) is 7.23. The average molecular weight is 1090 g/mol. The van der Waals surface area contributed by atoms with E-state index in [1.165, 1.54) is 19.5 Å². The lowest BCUT2D eigenvalue weighted by Crippen LogP contribution is -2.05. The number of ether oxygens (including phenoxy) is 8. The van der Waals surface area contributed by atoms with Crippen LogP contribution in [0.1, 0.15) is 103 Å². The van der Waals surface area contributed by atoms with Crippen LogP contribution in [-0.4, -0.2) is 52.9 Å². The normalized spacial score (nSPS) is 16.5. The Morgan fingerprint density at radius 3 is 0.553 bits per heavy atom. The number of benzene rings is 4. The first kappa shape index (κ1) is 52.1. The number of rotatable bonds is 0. The highest BCUT2D eigenvalue weighted by atomic mass is 32.1. The summed E-state index contributed by atoms with van der Waals surface area (Å²) < 4.78 is 51.4. The Kier molecular flexibility index (Phi) is 18.1. The number of thiophene rings is 4.